The first-order chi connectivity index (χ1) is 7.45. The lowest BCUT2D eigenvalue weighted by atomic mass is 9.97. The summed E-state index contributed by atoms with van der Waals surface area (Å²) in [5.74, 6) is 5.62. The van der Waals surface area contributed by atoms with Gasteiger partial charge in [-0.15, -0.1) is 0 Å². The summed E-state index contributed by atoms with van der Waals surface area (Å²) in [5, 5.41) is 9.75. The molecule has 0 bridgehead atoms. The lowest BCUT2D eigenvalue weighted by molar-refractivity contribution is 0.108. The number of nitrogens with two attached hydrogens (primary N) is 1. The van der Waals surface area contributed by atoms with Crippen LogP contribution in [0.4, 0.5) is 4.79 Å². The summed E-state index contributed by atoms with van der Waals surface area (Å²) in [6.07, 6.45) is 0.497. The molecule has 0 saturated carbocycles. The van der Waals surface area contributed by atoms with Crippen molar-refractivity contribution in [3.63, 3.8) is 0 Å². The van der Waals surface area contributed by atoms with Gasteiger partial charge in [0.25, 0.3) is 0 Å². The quantitative estimate of drug-likeness (QED) is 0.466. The summed E-state index contributed by atoms with van der Waals surface area (Å²) in [7, 11) is 0. The highest BCUT2D eigenvalue weighted by molar-refractivity contribution is 5.64. The molecule has 0 aliphatic heterocycles. The van der Waals surface area contributed by atoms with Crippen molar-refractivity contribution in [2.24, 2.45) is 11.8 Å². The van der Waals surface area contributed by atoms with E-state index in [9.17, 15) is 4.79 Å². The third-order valence-corrected chi connectivity index (χ3v) is 2.48. The molecule has 1 heterocycles. The molecule has 0 radical (unpaired) electrons. The first kappa shape index (κ1) is 12.4. The predicted molar refractivity (Wildman–Crippen MR) is 60.6 cm³/mol. The van der Waals surface area contributed by atoms with Gasteiger partial charge in [0.1, 0.15) is 0 Å². The Morgan fingerprint density at radius 1 is 1.56 bits per heavy atom. The Morgan fingerprint density at radius 2 is 2.19 bits per heavy atom. The molecule has 0 aromatic carbocycles. The van der Waals surface area contributed by atoms with Crippen LogP contribution in [0.1, 0.15) is 31.1 Å². The molecule has 1 rings (SSSR count). The molecular weight excluding hydrogens is 206 g/mol. The van der Waals surface area contributed by atoms with E-state index in [-0.39, 0.29) is 5.92 Å². The first-order valence-corrected chi connectivity index (χ1v) is 5.13. The van der Waals surface area contributed by atoms with Crippen molar-refractivity contribution < 1.29 is 9.90 Å². The molecule has 0 aliphatic carbocycles. The van der Waals surface area contributed by atoms with Crippen LogP contribution in [0.5, 0.6) is 0 Å². The zero-order valence-electron chi connectivity index (χ0n) is 9.71. The number of hydrazine groups is 1. The number of carbonyl (C=O) groups is 1. The second-order valence-corrected chi connectivity index (χ2v) is 4.08. The molecule has 1 atom stereocenters. The number of amides is 1. The second kappa shape index (κ2) is 4.94. The smallest absolute Gasteiger partial charge is 0.422 e. The van der Waals surface area contributed by atoms with Crippen LogP contribution in [0.25, 0.3) is 0 Å². The van der Waals surface area contributed by atoms with E-state index in [0.29, 0.717) is 5.69 Å². The summed E-state index contributed by atoms with van der Waals surface area (Å²) in [6.45, 7) is 5.73. The van der Waals surface area contributed by atoms with E-state index in [1.165, 1.54) is 0 Å². The normalized spacial score (nSPS) is 12.6. The van der Waals surface area contributed by atoms with Crippen molar-refractivity contribution in [2.75, 3.05) is 0 Å². The van der Waals surface area contributed by atoms with Crippen LogP contribution < -0.4 is 5.84 Å². The molecule has 5 nitrogen and oxygen atoms in total. The second-order valence-electron chi connectivity index (χ2n) is 4.08. The molecule has 88 valence electrons. The highest BCUT2D eigenvalue weighted by atomic mass is 16.4. The standard InChI is InChI=1S/C11H17N3O2/c1-7(2)10(14(12)11(15)16)9-8(3)5-4-6-13-9/h4-7,10H,12H2,1-3H3,(H,15,16). The maximum atomic E-state index is 10.9. The van der Waals surface area contributed by atoms with Gasteiger partial charge in [-0.1, -0.05) is 19.9 Å². The Morgan fingerprint density at radius 3 is 2.62 bits per heavy atom. The van der Waals surface area contributed by atoms with Crippen LogP contribution in [0, 0.1) is 12.8 Å². The van der Waals surface area contributed by atoms with Gasteiger partial charge in [-0.25, -0.2) is 15.6 Å². The molecule has 3 N–H and O–H groups in total. The molecule has 0 saturated heterocycles. The van der Waals surface area contributed by atoms with Crippen LogP contribution in [0.2, 0.25) is 0 Å². The third-order valence-electron chi connectivity index (χ3n) is 2.48. The number of carboxylic acid groups (broad SMARTS) is 1. The highest BCUT2D eigenvalue weighted by Crippen LogP contribution is 2.26. The number of rotatable bonds is 3. The van der Waals surface area contributed by atoms with Gasteiger partial charge in [0.05, 0.1) is 11.7 Å². The van der Waals surface area contributed by atoms with E-state index >= 15 is 0 Å². The first-order valence-electron chi connectivity index (χ1n) is 5.13. The minimum absolute atomic E-state index is 0.0645. The van der Waals surface area contributed by atoms with Gasteiger partial charge in [0, 0.05) is 6.20 Å². The van der Waals surface area contributed by atoms with E-state index in [1.807, 2.05) is 32.9 Å². The van der Waals surface area contributed by atoms with Crippen LogP contribution in [0.3, 0.4) is 0 Å². The Labute approximate surface area is 94.9 Å². The van der Waals surface area contributed by atoms with Gasteiger partial charge in [-0.3, -0.25) is 4.98 Å². The average Bonchev–Trinajstić information content (AvgIpc) is 2.20. The van der Waals surface area contributed by atoms with E-state index in [2.05, 4.69) is 4.98 Å². The molecule has 16 heavy (non-hydrogen) atoms. The lowest BCUT2D eigenvalue weighted by Gasteiger charge is -2.28. The van der Waals surface area contributed by atoms with E-state index < -0.39 is 12.1 Å². The van der Waals surface area contributed by atoms with Gasteiger partial charge in [0.2, 0.25) is 0 Å². The zero-order chi connectivity index (χ0) is 12.3. The van der Waals surface area contributed by atoms with Gasteiger partial charge < -0.3 is 5.11 Å². The summed E-state index contributed by atoms with van der Waals surface area (Å²) >= 11 is 0. The summed E-state index contributed by atoms with van der Waals surface area (Å²) in [4.78, 5) is 15.1. The molecule has 1 unspecified atom stereocenters. The highest BCUT2D eigenvalue weighted by Gasteiger charge is 2.27. The van der Waals surface area contributed by atoms with Gasteiger partial charge >= 0.3 is 6.09 Å². The maximum Gasteiger partial charge on any atom is 0.422 e. The number of aromatic nitrogens is 1. The van der Waals surface area contributed by atoms with Crippen molar-refractivity contribution in [3.8, 4) is 0 Å². The third kappa shape index (κ3) is 2.49. The average molecular weight is 223 g/mol. The molecule has 0 spiro atoms. The number of aryl methyl sites for hydroxylation is 1. The van der Waals surface area contributed by atoms with E-state index in [1.54, 1.807) is 6.20 Å². The largest absolute Gasteiger partial charge is 0.464 e. The number of nitrogens with zero attached hydrogens (tertiary/aromatic N) is 2. The van der Waals surface area contributed by atoms with Crippen LogP contribution in [-0.2, 0) is 0 Å². The van der Waals surface area contributed by atoms with E-state index in [4.69, 9.17) is 10.9 Å². The molecule has 1 aromatic rings. The summed E-state index contributed by atoms with van der Waals surface area (Å²) in [6, 6.07) is 3.30. The van der Waals surface area contributed by atoms with Crippen LogP contribution in [-0.4, -0.2) is 21.2 Å². The van der Waals surface area contributed by atoms with E-state index in [0.717, 1.165) is 10.6 Å². The van der Waals surface area contributed by atoms with Gasteiger partial charge in [-0.2, -0.15) is 0 Å². The Kier molecular flexibility index (Phi) is 3.84. The fourth-order valence-electron chi connectivity index (χ4n) is 1.70. The predicted octanol–water partition coefficient (Wildman–Crippen LogP) is 1.94. The number of hydrogen-bond acceptors (Lipinski definition) is 3. The molecule has 1 aromatic heterocycles. The summed E-state index contributed by atoms with van der Waals surface area (Å²) in [5.41, 5.74) is 1.65. The lowest BCUT2D eigenvalue weighted by Crippen LogP contribution is -2.42. The fraction of sp³-hybridized carbons (Fsp3) is 0.455. The van der Waals surface area contributed by atoms with Crippen LogP contribution >= 0.6 is 0 Å². The van der Waals surface area contributed by atoms with Crippen molar-refractivity contribution in [1.29, 1.82) is 0 Å². The van der Waals surface area contributed by atoms with Gasteiger partial charge in [-0.05, 0) is 24.5 Å². The Bertz CT molecular complexity index is 379. The Balaban J connectivity index is 3.13. The number of pyridine rings is 1. The minimum Gasteiger partial charge on any atom is -0.464 e. The topological polar surface area (TPSA) is 79.5 Å². The van der Waals surface area contributed by atoms with Crippen molar-refractivity contribution in [2.45, 2.75) is 26.8 Å². The SMILES string of the molecule is Cc1cccnc1C(C(C)C)N(N)C(=O)O. The number of hydrogen-bond donors (Lipinski definition) is 2. The molecule has 0 fully saturated rings. The molecule has 0 aliphatic rings. The molecule has 1 amide bonds. The van der Waals surface area contributed by atoms with Crippen LogP contribution in [0.15, 0.2) is 18.3 Å². The van der Waals surface area contributed by atoms with Crippen molar-refractivity contribution in [1.82, 2.24) is 9.99 Å². The van der Waals surface area contributed by atoms with Crippen molar-refractivity contribution >= 4 is 6.09 Å². The molecular formula is C11H17N3O2. The van der Waals surface area contributed by atoms with Gasteiger partial charge in [0.15, 0.2) is 0 Å². The maximum absolute atomic E-state index is 10.9. The van der Waals surface area contributed by atoms with Crippen molar-refractivity contribution in [3.05, 3.63) is 29.6 Å². The zero-order valence-corrected chi connectivity index (χ0v) is 9.71. The summed E-state index contributed by atoms with van der Waals surface area (Å²) < 4.78 is 0. The molecule has 5 heteroatoms. The monoisotopic (exact) mass is 223 g/mol. The minimum atomic E-state index is -1.15. The fourth-order valence-corrected chi connectivity index (χ4v) is 1.70. The Hall–Kier alpha value is -1.62.